The Bertz CT molecular complexity index is 355. The molecule has 0 unspecified atom stereocenters. The molecule has 1 aliphatic rings. The molecule has 1 fully saturated rings. The maximum atomic E-state index is 11.6. The molecule has 1 aromatic rings. The van der Waals surface area contributed by atoms with Crippen LogP contribution in [-0.2, 0) is 4.79 Å². The third kappa shape index (κ3) is 3.38. The number of hydrogen-bond acceptors (Lipinski definition) is 2. The van der Waals surface area contributed by atoms with Gasteiger partial charge in [-0.1, -0.05) is 18.2 Å². The standard InChI is InChI=1S/C13H16OS/c1-10-4-2-3-5-13(10)15-9-12(14)8-11-6-7-11/h2-5,11H,6-9H2,1H3. The minimum Gasteiger partial charge on any atom is -0.299 e. The van der Waals surface area contributed by atoms with Crippen LogP contribution in [0.5, 0.6) is 0 Å². The van der Waals surface area contributed by atoms with Crippen LogP contribution in [0.3, 0.4) is 0 Å². The molecule has 2 rings (SSSR count). The van der Waals surface area contributed by atoms with Crippen LogP contribution in [0.4, 0.5) is 0 Å². The molecule has 0 heterocycles. The predicted octanol–water partition coefficient (Wildman–Crippen LogP) is 3.46. The first-order chi connectivity index (χ1) is 7.25. The van der Waals surface area contributed by atoms with E-state index in [4.69, 9.17) is 0 Å². The first kappa shape index (κ1) is 10.7. The summed E-state index contributed by atoms with van der Waals surface area (Å²) in [5, 5.41) is 0. The summed E-state index contributed by atoms with van der Waals surface area (Å²) >= 11 is 1.68. The normalized spacial score (nSPS) is 15.3. The number of Topliss-reactive ketones (excluding diaryl/α,β-unsaturated/α-hetero) is 1. The minimum absolute atomic E-state index is 0.408. The molecule has 0 spiro atoms. The van der Waals surface area contributed by atoms with E-state index in [2.05, 4.69) is 19.1 Å². The highest BCUT2D eigenvalue weighted by Crippen LogP contribution is 2.33. The minimum atomic E-state index is 0.408. The quantitative estimate of drug-likeness (QED) is 0.707. The van der Waals surface area contributed by atoms with Crippen LogP contribution < -0.4 is 0 Å². The van der Waals surface area contributed by atoms with Crippen molar-refractivity contribution in [1.29, 1.82) is 0 Å². The molecule has 0 aliphatic heterocycles. The summed E-state index contributed by atoms with van der Waals surface area (Å²) in [4.78, 5) is 12.8. The third-order valence-electron chi connectivity index (χ3n) is 2.70. The van der Waals surface area contributed by atoms with Crippen molar-refractivity contribution in [3.05, 3.63) is 29.8 Å². The van der Waals surface area contributed by atoms with E-state index in [1.54, 1.807) is 11.8 Å². The van der Waals surface area contributed by atoms with Crippen molar-refractivity contribution >= 4 is 17.5 Å². The summed E-state index contributed by atoms with van der Waals surface area (Å²) in [5.74, 6) is 1.77. The number of hydrogen-bond donors (Lipinski definition) is 0. The Morgan fingerprint density at radius 1 is 1.40 bits per heavy atom. The van der Waals surface area contributed by atoms with E-state index in [1.807, 2.05) is 12.1 Å². The molecule has 0 N–H and O–H groups in total. The zero-order valence-corrected chi connectivity index (χ0v) is 9.85. The largest absolute Gasteiger partial charge is 0.299 e. The Kier molecular flexibility index (Phi) is 3.47. The van der Waals surface area contributed by atoms with Gasteiger partial charge < -0.3 is 0 Å². The fourth-order valence-electron chi connectivity index (χ4n) is 1.58. The van der Waals surface area contributed by atoms with Gasteiger partial charge in [0.05, 0.1) is 5.75 Å². The number of thioether (sulfide) groups is 1. The van der Waals surface area contributed by atoms with Gasteiger partial charge in [-0.3, -0.25) is 4.79 Å². The summed E-state index contributed by atoms with van der Waals surface area (Å²) in [7, 11) is 0. The van der Waals surface area contributed by atoms with Crippen LogP contribution in [0.15, 0.2) is 29.2 Å². The van der Waals surface area contributed by atoms with Crippen molar-refractivity contribution in [3.63, 3.8) is 0 Å². The van der Waals surface area contributed by atoms with E-state index in [9.17, 15) is 4.79 Å². The maximum absolute atomic E-state index is 11.6. The van der Waals surface area contributed by atoms with E-state index in [-0.39, 0.29) is 0 Å². The second kappa shape index (κ2) is 4.84. The van der Waals surface area contributed by atoms with E-state index >= 15 is 0 Å². The second-order valence-electron chi connectivity index (χ2n) is 4.24. The van der Waals surface area contributed by atoms with E-state index < -0.39 is 0 Å². The summed E-state index contributed by atoms with van der Waals surface area (Å²) < 4.78 is 0. The summed E-state index contributed by atoms with van der Waals surface area (Å²) in [6.45, 7) is 2.09. The zero-order chi connectivity index (χ0) is 10.7. The van der Waals surface area contributed by atoms with Crippen LogP contribution in [0.2, 0.25) is 0 Å². The molecule has 1 nitrogen and oxygen atoms in total. The third-order valence-corrected chi connectivity index (χ3v) is 3.93. The molecule has 2 heteroatoms. The lowest BCUT2D eigenvalue weighted by atomic mass is 10.2. The molecule has 0 saturated heterocycles. The second-order valence-corrected chi connectivity index (χ2v) is 5.26. The van der Waals surface area contributed by atoms with Gasteiger partial charge in [-0.2, -0.15) is 0 Å². The van der Waals surface area contributed by atoms with Gasteiger partial charge in [-0.15, -0.1) is 11.8 Å². The Morgan fingerprint density at radius 2 is 2.13 bits per heavy atom. The lowest BCUT2D eigenvalue weighted by Crippen LogP contribution is -2.02. The Morgan fingerprint density at radius 3 is 2.80 bits per heavy atom. The first-order valence-electron chi connectivity index (χ1n) is 5.46. The number of carbonyl (C=O) groups excluding carboxylic acids is 1. The van der Waals surface area contributed by atoms with Gasteiger partial charge in [0.25, 0.3) is 0 Å². The number of aryl methyl sites for hydroxylation is 1. The Balaban J connectivity index is 1.81. The lowest BCUT2D eigenvalue weighted by Gasteiger charge is -2.03. The van der Waals surface area contributed by atoms with Gasteiger partial charge in [0.15, 0.2) is 0 Å². The molecule has 0 bridgehead atoms. The van der Waals surface area contributed by atoms with Gasteiger partial charge in [0.1, 0.15) is 5.78 Å². The Hall–Kier alpha value is -0.760. The average molecular weight is 220 g/mol. The summed E-state index contributed by atoms with van der Waals surface area (Å²) in [5.41, 5.74) is 1.27. The molecule has 0 aromatic heterocycles. The highest BCUT2D eigenvalue weighted by atomic mass is 32.2. The molecule has 1 aromatic carbocycles. The molecule has 0 radical (unpaired) electrons. The van der Waals surface area contributed by atoms with Crippen molar-refractivity contribution < 1.29 is 4.79 Å². The van der Waals surface area contributed by atoms with Crippen molar-refractivity contribution in [1.82, 2.24) is 0 Å². The summed E-state index contributed by atoms with van der Waals surface area (Å²) in [6.07, 6.45) is 3.33. The zero-order valence-electron chi connectivity index (χ0n) is 9.03. The van der Waals surface area contributed by atoms with E-state index in [1.165, 1.54) is 23.3 Å². The van der Waals surface area contributed by atoms with Gasteiger partial charge in [0, 0.05) is 11.3 Å². The fraction of sp³-hybridized carbons (Fsp3) is 0.462. The van der Waals surface area contributed by atoms with Crippen molar-refractivity contribution in [2.75, 3.05) is 5.75 Å². The van der Waals surface area contributed by atoms with E-state index in [0.29, 0.717) is 11.5 Å². The topological polar surface area (TPSA) is 17.1 Å². The smallest absolute Gasteiger partial charge is 0.143 e. The van der Waals surface area contributed by atoms with Gasteiger partial charge in [0.2, 0.25) is 0 Å². The summed E-state index contributed by atoms with van der Waals surface area (Å²) in [6, 6.07) is 8.24. The molecule has 0 amide bonds. The van der Waals surface area contributed by atoms with Crippen molar-refractivity contribution in [3.8, 4) is 0 Å². The molecular formula is C13H16OS. The van der Waals surface area contributed by atoms with E-state index in [0.717, 1.165) is 12.3 Å². The molecule has 1 aliphatic carbocycles. The highest BCUT2D eigenvalue weighted by Gasteiger charge is 2.24. The number of ketones is 1. The Labute approximate surface area is 95.3 Å². The highest BCUT2D eigenvalue weighted by molar-refractivity contribution is 8.00. The van der Waals surface area contributed by atoms with Crippen molar-refractivity contribution in [2.24, 2.45) is 5.92 Å². The molecular weight excluding hydrogens is 204 g/mol. The van der Waals surface area contributed by atoms with Crippen LogP contribution in [-0.4, -0.2) is 11.5 Å². The van der Waals surface area contributed by atoms with Gasteiger partial charge in [-0.25, -0.2) is 0 Å². The molecule has 1 saturated carbocycles. The molecule has 80 valence electrons. The maximum Gasteiger partial charge on any atom is 0.143 e. The van der Waals surface area contributed by atoms with Gasteiger partial charge in [-0.05, 0) is 37.3 Å². The van der Waals surface area contributed by atoms with Crippen LogP contribution >= 0.6 is 11.8 Å². The first-order valence-corrected chi connectivity index (χ1v) is 6.44. The van der Waals surface area contributed by atoms with Crippen LogP contribution in [0, 0.1) is 12.8 Å². The van der Waals surface area contributed by atoms with Gasteiger partial charge >= 0.3 is 0 Å². The number of rotatable bonds is 5. The molecule has 15 heavy (non-hydrogen) atoms. The SMILES string of the molecule is Cc1ccccc1SCC(=O)CC1CC1. The number of benzene rings is 1. The van der Waals surface area contributed by atoms with Crippen LogP contribution in [0.25, 0.3) is 0 Å². The predicted molar refractivity (Wildman–Crippen MR) is 64.3 cm³/mol. The van der Waals surface area contributed by atoms with Crippen molar-refractivity contribution in [2.45, 2.75) is 31.1 Å². The van der Waals surface area contributed by atoms with Crippen LogP contribution in [0.1, 0.15) is 24.8 Å². The fourth-order valence-corrected chi connectivity index (χ4v) is 2.48. The lowest BCUT2D eigenvalue weighted by molar-refractivity contribution is -0.116. The molecule has 0 atom stereocenters. The monoisotopic (exact) mass is 220 g/mol. The number of carbonyl (C=O) groups is 1. The average Bonchev–Trinajstić information content (AvgIpc) is 3.00.